The summed E-state index contributed by atoms with van der Waals surface area (Å²) < 4.78 is 6.75. The fourth-order valence-corrected chi connectivity index (χ4v) is 4.15. The minimum Gasteiger partial charge on any atom is -0.490 e. The zero-order valence-corrected chi connectivity index (χ0v) is 14.3. The third kappa shape index (κ3) is 3.27. The van der Waals surface area contributed by atoms with Crippen LogP contribution in [0.3, 0.4) is 0 Å². The Bertz CT molecular complexity index is 496. The molecular weight excluding hydrogens is 330 g/mol. The molecular formula is C17H24BrNO2. The Kier molecular flexibility index (Phi) is 4.57. The number of halogens is 1. The van der Waals surface area contributed by atoms with Gasteiger partial charge in [-0.15, -0.1) is 0 Å². The molecule has 2 bridgehead atoms. The second-order valence-corrected chi connectivity index (χ2v) is 7.42. The number of hydrogen-bond donors (Lipinski definition) is 1. The normalized spacial score (nSPS) is 31.7. The Morgan fingerprint density at radius 1 is 1.33 bits per heavy atom. The molecule has 3 fully saturated rings. The lowest BCUT2D eigenvalue weighted by Gasteiger charge is -2.49. The van der Waals surface area contributed by atoms with Gasteiger partial charge in [-0.2, -0.15) is 0 Å². The first-order valence-corrected chi connectivity index (χ1v) is 8.71. The van der Waals surface area contributed by atoms with Crippen molar-refractivity contribution in [1.29, 1.82) is 0 Å². The van der Waals surface area contributed by atoms with E-state index in [1.807, 2.05) is 19.9 Å². The quantitative estimate of drug-likeness (QED) is 0.901. The van der Waals surface area contributed by atoms with Crippen LogP contribution in [-0.4, -0.2) is 41.3 Å². The summed E-state index contributed by atoms with van der Waals surface area (Å²) in [5, 5.41) is 10.5. The van der Waals surface area contributed by atoms with E-state index in [-0.39, 0.29) is 18.2 Å². The molecule has 3 saturated heterocycles. The molecule has 0 radical (unpaired) electrons. The summed E-state index contributed by atoms with van der Waals surface area (Å²) in [5.41, 5.74) is 1.26. The molecule has 0 aliphatic carbocycles. The van der Waals surface area contributed by atoms with E-state index in [1.165, 1.54) is 5.56 Å². The van der Waals surface area contributed by atoms with Gasteiger partial charge < -0.3 is 9.84 Å². The molecule has 4 rings (SSSR count). The van der Waals surface area contributed by atoms with E-state index < -0.39 is 0 Å². The summed E-state index contributed by atoms with van der Waals surface area (Å²) in [6, 6.07) is 6.57. The number of rotatable bonds is 4. The van der Waals surface area contributed by atoms with Gasteiger partial charge in [0.2, 0.25) is 0 Å². The number of hydrogen-bond acceptors (Lipinski definition) is 3. The van der Waals surface area contributed by atoms with Crippen LogP contribution in [0.1, 0.15) is 32.3 Å². The molecule has 21 heavy (non-hydrogen) atoms. The van der Waals surface area contributed by atoms with E-state index in [4.69, 9.17) is 4.74 Å². The van der Waals surface area contributed by atoms with E-state index in [2.05, 4.69) is 33.0 Å². The second-order valence-electron chi connectivity index (χ2n) is 6.57. The fourth-order valence-electron chi connectivity index (χ4n) is 3.63. The predicted molar refractivity (Wildman–Crippen MR) is 87.7 cm³/mol. The highest BCUT2D eigenvalue weighted by atomic mass is 79.9. The summed E-state index contributed by atoms with van der Waals surface area (Å²) in [7, 11) is 0. The Morgan fingerprint density at radius 2 is 2.05 bits per heavy atom. The van der Waals surface area contributed by atoms with Gasteiger partial charge in [0.25, 0.3) is 0 Å². The maximum Gasteiger partial charge on any atom is 0.133 e. The standard InChI is InChI=1S/C17H24BrNO2/c1-11(2)21-16-4-3-12(9-14(16)18)10-15-17(20)13-5-7-19(15)8-6-13/h3-4,9,11,13,15,17,20H,5-8,10H2,1-2H3. The van der Waals surface area contributed by atoms with Crippen LogP contribution in [0, 0.1) is 5.92 Å². The molecule has 3 heterocycles. The summed E-state index contributed by atoms with van der Waals surface area (Å²) in [6.07, 6.45) is 3.23. The number of aliphatic hydroxyl groups is 1. The molecule has 2 unspecified atom stereocenters. The van der Waals surface area contributed by atoms with Crippen LogP contribution in [0.15, 0.2) is 22.7 Å². The third-order valence-corrected chi connectivity index (χ3v) is 5.34. The van der Waals surface area contributed by atoms with Gasteiger partial charge in [0.05, 0.1) is 16.7 Å². The van der Waals surface area contributed by atoms with Crippen LogP contribution in [0.4, 0.5) is 0 Å². The molecule has 3 aliphatic rings. The second kappa shape index (κ2) is 6.27. The first-order chi connectivity index (χ1) is 10.0. The van der Waals surface area contributed by atoms with Gasteiger partial charge in [-0.25, -0.2) is 0 Å². The van der Waals surface area contributed by atoms with E-state index in [0.717, 1.165) is 42.6 Å². The zero-order chi connectivity index (χ0) is 15.0. The first-order valence-electron chi connectivity index (χ1n) is 7.92. The Hall–Kier alpha value is -0.580. The number of aliphatic hydroxyl groups excluding tert-OH is 1. The summed E-state index contributed by atoms with van der Waals surface area (Å²) in [6.45, 7) is 6.34. The van der Waals surface area contributed by atoms with Crippen molar-refractivity contribution >= 4 is 15.9 Å². The van der Waals surface area contributed by atoms with Crippen molar-refractivity contribution in [3.05, 3.63) is 28.2 Å². The Morgan fingerprint density at radius 3 is 2.62 bits per heavy atom. The maximum atomic E-state index is 10.5. The van der Waals surface area contributed by atoms with Crippen LogP contribution in [0.5, 0.6) is 5.75 Å². The van der Waals surface area contributed by atoms with Crippen molar-refractivity contribution in [3.8, 4) is 5.75 Å². The van der Waals surface area contributed by atoms with Crippen LogP contribution < -0.4 is 4.74 Å². The van der Waals surface area contributed by atoms with Gasteiger partial charge in [-0.3, -0.25) is 4.90 Å². The van der Waals surface area contributed by atoms with Gasteiger partial charge in [-0.1, -0.05) is 6.07 Å². The molecule has 3 nitrogen and oxygen atoms in total. The van der Waals surface area contributed by atoms with Crippen LogP contribution in [0.2, 0.25) is 0 Å². The number of ether oxygens (including phenoxy) is 1. The van der Waals surface area contributed by atoms with Gasteiger partial charge in [-0.05, 0) is 85.7 Å². The molecule has 0 spiro atoms. The van der Waals surface area contributed by atoms with Crippen molar-refractivity contribution < 1.29 is 9.84 Å². The Labute approximate surface area is 135 Å². The van der Waals surface area contributed by atoms with Crippen molar-refractivity contribution in [2.45, 2.75) is 51.4 Å². The van der Waals surface area contributed by atoms with Crippen molar-refractivity contribution in [2.75, 3.05) is 13.1 Å². The number of benzene rings is 1. The average Bonchev–Trinajstić information content (AvgIpc) is 2.46. The summed E-state index contributed by atoms with van der Waals surface area (Å²) in [5.74, 6) is 1.40. The molecule has 4 heteroatoms. The number of nitrogens with zero attached hydrogens (tertiary/aromatic N) is 1. The third-order valence-electron chi connectivity index (χ3n) is 4.72. The van der Waals surface area contributed by atoms with Gasteiger partial charge in [0.1, 0.15) is 5.75 Å². The highest BCUT2D eigenvalue weighted by Gasteiger charge is 2.40. The lowest BCUT2D eigenvalue weighted by molar-refractivity contribution is -0.0715. The molecule has 1 aromatic carbocycles. The fraction of sp³-hybridized carbons (Fsp3) is 0.647. The van der Waals surface area contributed by atoms with E-state index >= 15 is 0 Å². The van der Waals surface area contributed by atoms with Gasteiger partial charge in [0, 0.05) is 6.04 Å². The Balaban J connectivity index is 1.72. The first kappa shape index (κ1) is 15.3. The summed E-state index contributed by atoms with van der Waals surface area (Å²) in [4.78, 5) is 2.46. The minimum atomic E-state index is -0.169. The van der Waals surface area contributed by atoms with Crippen LogP contribution in [0.25, 0.3) is 0 Å². The van der Waals surface area contributed by atoms with E-state index in [1.54, 1.807) is 0 Å². The van der Waals surface area contributed by atoms with Gasteiger partial charge >= 0.3 is 0 Å². The molecule has 0 amide bonds. The highest BCUT2D eigenvalue weighted by molar-refractivity contribution is 9.10. The van der Waals surface area contributed by atoms with E-state index in [0.29, 0.717) is 5.92 Å². The smallest absolute Gasteiger partial charge is 0.133 e. The van der Waals surface area contributed by atoms with Crippen molar-refractivity contribution in [1.82, 2.24) is 4.90 Å². The molecule has 3 aliphatic heterocycles. The SMILES string of the molecule is CC(C)Oc1ccc(CC2C(O)C3CCN2CC3)cc1Br. The number of fused-ring (bicyclic) bond motifs is 3. The minimum absolute atomic E-state index is 0.169. The predicted octanol–water partition coefficient (Wildman–Crippen LogP) is 3.23. The van der Waals surface area contributed by atoms with Crippen molar-refractivity contribution in [3.63, 3.8) is 0 Å². The van der Waals surface area contributed by atoms with Crippen LogP contribution >= 0.6 is 15.9 Å². The molecule has 0 saturated carbocycles. The molecule has 2 atom stereocenters. The molecule has 1 aromatic rings. The van der Waals surface area contributed by atoms with Gasteiger partial charge in [0.15, 0.2) is 0 Å². The molecule has 1 N–H and O–H groups in total. The van der Waals surface area contributed by atoms with Crippen LogP contribution in [-0.2, 0) is 6.42 Å². The largest absolute Gasteiger partial charge is 0.490 e. The zero-order valence-electron chi connectivity index (χ0n) is 12.8. The lowest BCUT2D eigenvalue weighted by atomic mass is 9.78. The monoisotopic (exact) mass is 353 g/mol. The summed E-state index contributed by atoms with van der Waals surface area (Å²) >= 11 is 3.60. The van der Waals surface area contributed by atoms with Crippen molar-refractivity contribution in [2.24, 2.45) is 5.92 Å². The van der Waals surface area contributed by atoms with E-state index in [9.17, 15) is 5.11 Å². The molecule has 116 valence electrons. The topological polar surface area (TPSA) is 32.7 Å². The average molecular weight is 354 g/mol. The lowest BCUT2D eigenvalue weighted by Crippen LogP contribution is -2.58. The highest BCUT2D eigenvalue weighted by Crippen LogP contribution is 2.35. The molecule has 0 aromatic heterocycles. The maximum absolute atomic E-state index is 10.5. The number of piperidine rings is 3.